The fourth-order valence-electron chi connectivity index (χ4n) is 2.47. The van der Waals surface area contributed by atoms with Crippen LogP contribution in [-0.2, 0) is 16.2 Å². The molecule has 0 fully saturated rings. The Balaban J connectivity index is 1.85. The highest BCUT2D eigenvalue weighted by Crippen LogP contribution is 2.34. The Morgan fingerprint density at radius 1 is 1.13 bits per heavy atom. The van der Waals surface area contributed by atoms with Crippen LogP contribution in [0.15, 0.2) is 58.1 Å². The Morgan fingerprint density at radius 2 is 1.83 bits per heavy atom. The predicted octanol–water partition coefficient (Wildman–Crippen LogP) is 4.71. The number of nitrogens with zero attached hydrogens (tertiary/aromatic N) is 1. The zero-order valence-electron chi connectivity index (χ0n) is 15.1. The monoisotopic (exact) mass is 459 g/mol. The van der Waals surface area contributed by atoms with E-state index in [1.807, 2.05) is 0 Å². The number of carbonyl (C=O) groups is 1. The van der Waals surface area contributed by atoms with Crippen molar-refractivity contribution in [3.05, 3.63) is 70.6 Å². The van der Waals surface area contributed by atoms with Gasteiger partial charge in [-0.15, -0.1) is 0 Å². The molecule has 0 radical (unpaired) electrons. The average molecular weight is 460 g/mol. The highest BCUT2D eigenvalue weighted by Gasteiger charge is 2.32. The van der Waals surface area contributed by atoms with Gasteiger partial charge in [0.05, 0.1) is 22.5 Å². The lowest BCUT2D eigenvalue weighted by Gasteiger charge is -2.13. The number of sulfonamides is 1. The molecule has 3 aromatic rings. The molecular formula is C18H13ClF3N3O4S. The van der Waals surface area contributed by atoms with Gasteiger partial charge >= 0.3 is 6.18 Å². The molecule has 0 bridgehead atoms. The van der Waals surface area contributed by atoms with Crippen LogP contribution in [0.25, 0.3) is 0 Å². The molecule has 1 amide bonds. The Kier molecular flexibility index (Phi) is 5.77. The van der Waals surface area contributed by atoms with Crippen molar-refractivity contribution in [2.75, 3.05) is 10.0 Å². The SMILES string of the molecule is Cc1oncc1C(=O)Nc1cccc(NS(=O)(=O)c2cc(C(F)(F)F)ccc2Cl)c1. The minimum atomic E-state index is -4.74. The first kappa shape index (κ1) is 21.7. The first-order chi connectivity index (χ1) is 14.0. The lowest BCUT2D eigenvalue weighted by molar-refractivity contribution is -0.137. The first-order valence-electron chi connectivity index (χ1n) is 8.19. The number of aryl methyl sites for hydroxylation is 1. The first-order valence-corrected chi connectivity index (χ1v) is 10.1. The predicted molar refractivity (Wildman–Crippen MR) is 103 cm³/mol. The molecule has 1 heterocycles. The molecule has 1 aromatic heterocycles. The highest BCUT2D eigenvalue weighted by molar-refractivity contribution is 7.92. The van der Waals surface area contributed by atoms with Crippen molar-refractivity contribution in [2.24, 2.45) is 0 Å². The van der Waals surface area contributed by atoms with Gasteiger partial charge in [0.15, 0.2) is 0 Å². The Bertz CT molecular complexity index is 1210. The van der Waals surface area contributed by atoms with Gasteiger partial charge in [0.25, 0.3) is 15.9 Å². The maximum atomic E-state index is 12.9. The van der Waals surface area contributed by atoms with Gasteiger partial charge < -0.3 is 9.84 Å². The smallest absolute Gasteiger partial charge is 0.361 e. The molecule has 0 saturated carbocycles. The number of hydrogen-bond acceptors (Lipinski definition) is 5. The molecule has 0 aliphatic heterocycles. The van der Waals surface area contributed by atoms with Gasteiger partial charge in [-0.05, 0) is 43.3 Å². The normalized spacial score (nSPS) is 11.9. The van der Waals surface area contributed by atoms with Crippen LogP contribution in [0.4, 0.5) is 24.5 Å². The van der Waals surface area contributed by atoms with Gasteiger partial charge in [-0.2, -0.15) is 13.2 Å². The molecule has 0 unspecified atom stereocenters. The molecule has 2 N–H and O–H groups in total. The quantitative estimate of drug-likeness (QED) is 0.575. The summed E-state index contributed by atoms with van der Waals surface area (Å²) in [6.07, 6.45) is -3.51. The van der Waals surface area contributed by atoms with Crippen LogP contribution in [0.1, 0.15) is 21.7 Å². The third kappa shape index (κ3) is 4.74. The zero-order valence-corrected chi connectivity index (χ0v) is 16.7. The molecule has 7 nitrogen and oxygen atoms in total. The van der Waals surface area contributed by atoms with E-state index in [-0.39, 0.29) is 22.0 Å². The van der Waals surface area contributed by atoms with Crippen molar-refractivity contribution in [3.63, 3.8) is 0 Å². The summed E-state index contributed by atoms with van der Waals surface area (Å²) >= 11 is 5.81. The van der Waals surface area contributed by atoms with E-state index in [2.05, 4.69) is 15.2 Å². The second kappa shape index (κ2) is 8.00. The third-order valence-corrected chi connectivity index (χ3v) is 5.78. The number of rotatable bonds is 5. The molecular weight excluding hydrogens is 447 g/mol. The van der Waals surface area contributed by atoms with Crippen molar-refractivity contribution >= 4 is 38.9 Å². The van der Waals surface area contributed by atoms with Crippen molar-refractivity contribution in [1.82, 2.24) is 5.16 Å². The summed E-state index contributed by atoms with van der Waals surface area (Å²) in [6, 6.07) is 7.59. The summed E-state index contributed by atoms with van der Waals surface area (Å²) in [4.78, 5) is 11.5. The molecule has 0 spiro atoms. The van der Waals surface area contributed by atoms with Gasteiger partial charge in [0.1, 0.15) is 16.2 Å². The van der Waals surface area contributed by atoms with Crippen LogP contribution >= 0.6 is 11.6 Å². The van der Waals surface area contributed by atoms with Gasteiger partial charge in [-0.25, -0.2) is 8.42 Å². The Morgan fingerprint density at radius 3 is 2.47 bits per heavy atom. The summed E-state index contributed by atoms with van der Waals surface area (Å²) < 4.78 is 70.9. The largest absolute Gasteiger partial charge is 0.416 e. The van der Waals surface area contributed by atoms with E-state index in [1.165, 1.54) is 30.5 Å². The summed E-state index contributed by atoms with van der Waals surface area (Å²) in [7, 11) is -4.44. The fourth-order valence-corrected chi connectivity index (χ4v) is 4.05. The average Bonchev–Trinajstić information content (AvgIpc) is 3.07. The van der Waals surface area contributed by atoms with Crippen LogP contribution in [-0.4, -0.2) is 19.5 Å². The number of alkyl halides is 3. The van der Waals surface area contributed by atoms with E-state index in [0.29, 0.717) is 17.9 Å². The van der Waals surface area contributed by atoms with E-state index in [9.17, 15) is 26.4 Å². The fraction of sp³-hybridized carbons (Fsp3) is 0.111. The van der Waals surface area contributed by atoms with Crippen LogP contribution in [0.3, 0.4) is 0 Å². The van der Waals surface area contributed by atoms with E-state index >= 15 is 0 Å². The summed E-state index contributed by atoms with van der Waals surface area (Å²) in [6.45, 7) is 1.55. The number of benzene rings is 2. The summed E-state index contributed by atoms with van der Waals surface area (Å²) in [5.41, 5.74) is -0.728. The number of aromatic nitrogens is 1. The van der Waals surface area contributed by atoms with Crippen molar-refractivity contribution in [1.29, 1.82) is 0 Å². The molecule has 158 valence electrons. The number of nitrogens with one attached hydrogen (secondary N) is 2. The van der Waals surface area contributed by atoms with Gasteiger partial charge in [0, 0.05) is 5.69 Å². The van der Waals surface area contributed by atoms with E-state index in [4.69, 9.17) is 16.1 Å². The van der Waals surface area contributed by atoms with E-state index in [0.717, 1.165) is 6.07 Å². The molecule has 0 saturated heterocycles. The van der Waals surface area contributed by atoms with Crippen molar-refractivity contribution in [3.8, 4) is 0 Å². The maximum absolute atomic E-state index is 12.9. The second-order valence-corrected chi connectivity index (χ2v) is 8.14. The van der Waals surface area contributed by atoms with Crippen LogP contribution < -0.4 is 10.0 Å². The van der Waals surface area contributed by atoms with Gasteiger partial charge in [0.2, 0.25) is 0 Å². The van der Waals surface area contributed by atoms with Crippen LogP contribution in [0.5, 0.6) is 0 Å². The molecule has 0 aliphatic rings. The van der Waals surface area contributed by atoms with Gasteiger partial charge in [-0.3, -0.25) is 9.52 Å². The number of halogens is 4. The number of amides is 1. The van der Waals surface area contributed by atoms with Crippen LogP contribution in [0, 0.1) is 6.92 Å². The molecule has 30 heavy (non-hydrogen) atoms. The maximum Gasteiger partial charge on any atom is 0.416 e. The topological polar surface area (TPSA) is 101 Å². The van der Waals surface area contributed by atoms with E-state index < -0.39 is 32.6 Å². The zero-order chi connectivity index (χ0) is 22.1. The summed E-state index contributed by atoms with van der Waals surface area (Å²) in [5.74, 6) is -0.238. The van der Waals surface area contributed by atoms with Gasteiger partial charge in [-0.1, -0.05) is 22.8 Å². The Hall–Kier alpha value is -3.05. The standard InChI is InChI=1S/C18H13ClF3N3O4S/c1-10-14(9-23-29-10)17(26)24-12-3-2-4-13(8-12)25-30(27,28)16-7-11(18(20,21)22)5-6-15(16)19/h2-9,25H,1H3,(H,24,26). The lowest BCUT2D eigenvalue weighted by Crippen LogP contribution is -2.16. The number of anilines is 2. The highest BCUT2D eigenvalue weighted by atomic mass is 35.5. The summed E-state index contributed by atoms with van der Waals surface area (Å²) in [5, 5.41) is 5.67. The minimum absolute atomic E-state index is 0.00307. The number of hydrogen-bond donors (Lipinski definition) is 2. The van der Waals surface area contributed by atoms with Crippen molar-refractivity contribution < 1.29 is 30.9 Å². The Labute approximate surface area is 173 Å². The minimum Gasteiger partial charge on any atom is -0.361 e. The van der Waals surface area contributed by atoms with Crippen molar-refractivity contribution in [2.45, 2.75) is 18.0 Å². The molecule has 12 heteroatoms. The van der Waals surface area contributed by atoms with Crippen LogP contribution in [0.2, 0.25) is 5.02 Å². The van der Waals surface area contributed by atoms with E-state index in [1.54, 1.807) is 6.92 Å². The molecule has 0 aliphatic carbocycles. The lowest BCUT2D eigenvalue weighted by atomic mass is 10.2. The third-order valence-electron chi connectivity index (χ3n) is 3.92. The molecule has 0 atom stereocenters. The number of carbonyl (C=O) groups excluding carboxylic acids is 1. The second-order valence-electron chi connectivity index (χ2n) is 6.08. The molecule has 2 aromatic carbocycles. The molecule has 3 rings (SSSR count).